The zero-order valence-corrected chi connectivity index (χ0v) is 15.1. The molecule has 0 saturated carbocycles. The van der Waals surface area contributed by atoms with E-state index in [0.29, 0.717) is 0 Å². The number of ether oxygens (including phenoxy) is 4. The molecule has 1 aliphatic heterocycles. The first-order valence-corrected chi connectivity index (χ1v) is 7.90. The quantitative estimate of drug-likeness (QED) is 0.274. The summed E-state index contributed by atoms with van der Waals surface area (Å²) in [6.07, 6.45) is -3.85. The molecule has 0 unspecified atom stereocenters. The maximum Gasteiger partial charge on any atom is 0.400 e. The van der Waals surface area contributed by atoms with Crippen LogP contribution in [0.5, 0.6) is 0 Å². The molecule has 0 bridgehead atoms. The van der Waals surface area contributed by atoms with Gasteiger partial charge in [0.25, 0.3) is 0 Å². The van der Waals surface area contributed by atoms with Crippen molar-refractivity contribution >= 4 is 23.7 Å². The minimum absolute atomic E-state index is 0.347. The molecular weight excluding hydrogens is 380 g/mol. The van der Waals surface area contributed by atoms with Gasteiger partial charge in [0.15, 0.2) is 18.4 Å². The fourth-order valence-corrected chi connectivity index (χ4v) is 2.70. The Morgan fingerprint density at radius 2 is 1.86 bits per heavy atom. The molecular formula is C15H16N4O9. The van der Waals surface area contributed by atoms with Gasteiger partial charge in [-0.1, -0.05) is 0 Å². The van der Waals surface area contributed by atoms with Gasteiger partial charge in [0.2, 0.25) is 12.0 Å². The van der Waals surface area contributed by atoms with Gasteiger partial charge in [0.05, 0.1) is 0 Å². The molecule has 1 fully saturated rings. The van der Waals surface area contributed by atoms with E-state index in [1.807, 2.05) is 0 Å². The van der Waals surface area contributed by atoms with E-state index in [1.165, 1.54) is 0 Å². The fraction of sp³-hybridized carbons (Fsp3) is 0.533. The number of hydrogen-bond donors (Lipinski definition) is 0. The summed E-state index contributed by atoms with van der Waals surface area (Å²) in [5.74, 6) is -2.83. The van der Waals surface area contributed by atoms with Crippen molar-refractivity contribution < 1.29 is 38.3 Å². The first-order valence-electron chi connectivity index (χ1n) is 7.90. The van der Waals surface area contributed by atoms with Gasteiger partial charge in [-0.15, -0.1) is 0 Å². The summed E-state index contributed by atoms with van der Waals surface area (Å²) in [6.45, 7) is 3.02. The number of carbonyl (C=O) groups excluding carboxylic acids is 3. The highest BCUT2D eigenvalue weighted by Gasteiger charge is 2.51. The Morgan fingerprint density at radius 3 is 2.36 bits per heavy atom. The Balaban J connectivity index is 2.47. The maximum atomic E-state index is 11.5. The lowest BCUT2D eigenvalue weighted by Gasteiger charge is -2.23. The summed E-state index contributed by atoms with van der Waals surface area (Å²) >= 11 is 0. The Kier molecular flexibility index (Phi) is 6.26. The standard InChI is InChI=1S/C15H16N4O9/c1-7(20)25-5-11-12(26-8(2)21)13(27-9(3)22)15(28-11)18-6-17-14(19(23)24)10(18)4-16/h6,11-13,15H,5H2,1-3H3/t11-,12+,13-,15+/m0/s1. The van der Waals surface area contributed by atoms with Crippen LogP contribution in [0.25, 0.3) is 0 Å². The summed E-state index contributed by atoms with van der Waals surface area (Å²) < 4.78 is 21.9. The molecule has 13 heteroatoms. The zero-order valence-electron chi connectivity index (χ0n) is 15.1. The first-order chi connectivity index (χ1) is 13.1. The Labute approximate surface area is 157 Å². The van der Waals surface area contributed by atoms with Gasteiger partial charge in [-0.3, -0.25) is 19.0 Å². The summed E-state index contributed by atoms with van der Waals surface area (Å²) in [6, 6.07) is 1.64. The van der Waals surface area contributed by atoms with Gasteiger partial charge < -0.3 is 29.1 Å². The van der Waals surface area contributed by atoms with Crippen LogP contribution < -0.4 is 0 Å². The Morgan fingerprint density at radius 1 is 1.25 bits per heavy atom. The molecule has 1 aliphatic rings. The SMILES string of the molecule is CC(=O)OC[C@@H]1O[C@@H](n2cnc([N+](=O)[O-])c2C#N)[C@@H](OC(C)=O)[C@@H]1OC(C)=O. The zero-order chi connectivity index (χ0) is 21.0. The van der Waals surface area contributed by atoms with Crippen molar-refractivity contribution in [3.05, 3.63) is 22.1 Å². The Hall–Kier alpha value is -3.53. The summed E-state index contributed by atoms with van der Waals surface area (Å²) in [5.41, 5.74) is -0.457. The lowest BCUT2D eigenvalue weighted by Crippen LogP contribution is -2.40. The number of hydrogen-bond acceptors (Lipinski definition) is 11. The topological polar surface area (TPSA) is 173 Å². The van der Waals surface area contributed by atoms with Crippen LogP contribution in [0.3, 0.4) is 0 Å². The average molecular weight is 396 g/mol. The molecule has 0 spiro atoms. The third kappa shape index (κ3) is 4.41. The molecule has 1 saturated heterocycles. The third-order valence-corrected chi connectivity index (χ3v) is 3.67. The number of aromatic nitrogens is 2. The normalized spacial score (nSPS) is 23.5. The second-order valence-electron chi connectivity index (χ2n) is 5.71. The summed E-state index contributed by atoms with van der Waals surface area (Å²) in [5, 5.41) is 20.3. The lowest BCUT2D eigenvalue weighted by atomic mass is 10.1. The molecule has 150 valence electrons. The Bertz CT molecular complexity index is 843. The number of nitro groups is 1. The monoisotopic (exact) mass is 396 g/mol. The van der Waals surface area contributed by atoms with Crippen LogP contribution in [0.2, 0.25) is 0 Å². The van der Waals surface area contributed by atoms with Crippen molar-refractivity contribution in [2.75, 3.05) is 6.61 Å². The lowest BCUT2D eigenvalue weighted by molar-refractivity contribution is -0.389. The number of rotatable bonds is 6. The van der Waals surface area contributed by atoms with Gasteiger partial charge in [-0.05, 0) is 9.91 Å². The van der Waals surface area contributed by atoms with Gasteiger partial charge in [0, 0.05) is 20.8 Å². The van der Waals surface area contributed by atoms with Gasteiger partial charge in [0.1, 0.15) is 18.8 Å². The van der Waals surface area contributed by atoms with Crippen molar-refractivity contribution in [2.45, 2.75) is 45.3 Å². The van der Waals surface area contributed by atoms with E-state index >= 15 is 0 Å². The van der Waals surface area contributed by atoms with E-state index < -0.39 is 58.9 Å². The predicted molar refractivity (Wildman–Crippen MR) is 85.2 cm³/mol. The summed E-state index contributed by atoms with van der Waals surface area (Å²) in [7, 11) is 0. The fourth-order valence-electron chi connectivity index (χ4n) is 2.70. The van der Waals surface area contributed by atoms with E-state index in [-0.39, 0.29) is 6.61 Å². The van der Waals surface area contributed by atoms with E-state index in [4.69, 9.17) is 18.9 Å². The number of carbonyl (C=O) groups is 3. The third-order valence-electron chi connectivity index (χ3n) is 3.67. The van der Waals surface area contributed by atoms with E-state index in [9.17, 15) is 29.8 Å². The van der Waals surface area contributed by atoms with Crippen LogP contribution in [-0.4, -0.2) is 57.3 Å². The molecule has 2 heterocycles. The van der Waals surface area contributed by atoms with E-state index in [0.717, 1.165) is 31.7 Å². The molecule has 28 heavy (non-hydrogen) atoms. The largest absolute Gasteiger partial charge is 0.463 e. The van der Waals surface area contributed by atoms with Gasteiger partial charge in [-0.25, -0.2) is 0 Å². The molecule has 2 rings (SSSR count). The van der Waals surface area contributed by atoms with Crippen LogP contribution in [0.4, 0.5) is 5.82 Å². The second kappa shape index (κ2) is 8.44. The molecule has 0 aromatic carbocycles. The van der Waals surface area contributed by atoms with Crippen molar-refractivity contribution in [3.8, 4) is 6.07 Å². The number of imidazole rings is 1. The smallest absolute Gasteiger partial charge is 0.400 e. The minimum Gasteiger partial charge on any atom is -0.463 e. The molecule has 0 radical (unpaired) electrons. The van der Waals surface area contributed by atoms with Crippen LogP contribution >= 0.6 is 0 Å². The van der Waals surface area contributed by atoms with E-state index in [2.05, 4.69) is 4.98 Å². The van der Waals surface area contributed by atoms with Gasteiger partial charge in [-0.2, -0.15) is 5.26 Å². The molecule has 13 nitrogen and oxygen atoms in total. The number of esters is 3. The van der Waals surface area contributed by atoms with E-state index in [1.54, 1.807) is 6.07 Å². The molecule has 1 aromatic rings. The highest BCUT2D eigenvalue weighted by atomic mass is 16.7. The summed E-state index contributed by atoms with van der Waals surface area (Å²) in [4.78, 5) is 47.9. The van der Waals surface area contributed by atoms with Crippen LogP contribution in [0.15, 0.2) is 6.33 Å². The number of nitrogens with zero attached hydrogens (tertiary/aromatic N) is 4. The molecule has 1 aromatic heterocycles. The number of nitriles is 1. The van der Waals surface area contributed by atoms with Crippen molar-refractivity contribution in [3.63, 3.8) is 0 Å². The molecule has 0 aliphatic carbocycles. The predicted octanol–water partition coefficient (Wildman–Crippen LogP) is -0.0131. The molecule has 0 N–H and O–H groups in total. The minimum atomic E-state index is -1.29. The highest BCUT2D eigenvalue weighted by Crippen LogP contribution is 2.36. The van der Waals surface area contributed by atoms with Crippen molar-refractivity contribution in [1.82, 2.24) is 9.55 Å². The average Bonchev–Trinajstić information content (AvgIpc) is 3.14. The second-order valence-corrected chi connectivity index (χ2v) is 5.71. The molecule has 0 amide bonds. The van der Waals surface area contributed by atoms with Crippen molar-refractivity contribution in [1.29, 1.82) is 5.26 Å². The van der Waals surface area contributed by atoms with Crippen molar-refractivity contribution in [2.24, 2.45) is 0 Å². The van der Waals surface area contributed by atoms with Crippen LogP contribution in [0.1, 0.15) is 32.7 Å². The first kappa shape index (κ1) is 20.8. The van der Waals surface area contributed by atoms with Crippen LogP contribution in [-0.2, 0) is 33.3 Å². The highest BCUT2D eigenvalue weighted by molar-refractivity contribution is 5.68. The maximum absolute atomic E-state index is 11.5. The van der Waals surface area contributed by atoms with Crippen LogP contribution in [0, 0.1) is 21.4 Å². The van der Waals surface area contributed by atoms with Gasteiger partial charge >= 0.3 is 23.7 Å². The molecule has 4 atom stereocenters.